The van der Waals surface area contributed by atoms with Crippen LogP contribution < -0.4 is 0 Å². The lowest BCUT2D eigenvalue weighted by Gasteiger charge is -2.54. The van der Waals surface area contributed by atoms with Crippen LogP contribution in [-0.4, -0.2) is 28.1 Å². The largest absolute Gasteiger partial charge is 0.411 e. The maximum atomic E-state index is 12.8. The minimum absolute atomic E-state index is 0.0499. The third kappa shape index (κ3) is 2.05. The van der Waals surface area contributed by atoms with Gasteiger partial charge in [-0.1, -0.05) is 43.3 Å². The van der Waals surface area contributed by atoms with Crippen LogP contribution >= 0.6 is 0 Å². The van der Waals surface area contributed by atoms with Crippen molar-refractivity contribution in [1.29, 1.82) is 0 Å². The van der Waals surface area contributed by atoms with Crippen molar-refractivity contribution < 1.29 is 10.0 Å². The summed E-state index contributed by atoms with van der Waals surface area (Å²) in [4.78, 5) is 15.2. The molecule has 0 saturated carbocycles. The molecule has 4 nitrogen and oxygen atoms in total. The molecule has 0 spiro atoms. The van der Waals surface area contributed by atoms with Crippen LogP contribution in [0.25, 0.3) is 0 Å². The van der Waals surface area contributed by atoms with E-state index in [-0.39, 0.29) is 16.7 Å². The van der Waals surface area contributed by atoms with Crippen molar-refractivity contribution in [1.82, 2.24) is 4.90 Å². The van der Waals surface area contributed by atoms with Crippen LogP contribution in [0.15, 0.2) is 40.7 Å². The lowest BCUT2D eigenvalue weighted by Crippen LogP contribution is -2.55. The zero-order valence-corrected chi connectivity index (χ0v) is 14.6. The van der Waals surface area contributed by atoms with Gasteiger partial charge in [0.15, 0.2) is 5.78 Å². The molecule has 3 aliphatic rings. The maximum absolute atomic E-state index is 12.8. The van der Waals surface area contributed by atoms with Crippen molar-refractivity contribution in [2.45, 2.75) is 52.0 Å². The van der Waals surface area contributed by atoms with Crippen LogP contribution in [0.4, 0.5) is 0 Å². The summed E-state index contributed by atoms with van der Waals surface area (Å²) in [6.45, 7) is 7.42. The van der Waals surface area contributed by atoms with Crippen LogP contribution in [0.2, 0.25) is 0 Å². The van der Waals surface area contributed by atoms with Crippen molar-refractivity contribution in [2.75, 3.05) is 6.54 Å². The second-order valence-electron chi connectivity index (χ2n) is 8.32. The van der Waals surface area contributed by atoms with Gasteiger partial charge in [0.25, 0.3) is 0 Å². The first-order valence-electron chi connectivity index (χ1n) is 8.69. The SMILES string of the molecule is CC1(C)CC(=O)C2=C(C1)N1CCc3ccccc3[C@]1(C)CC2=NO. The highest BCUT2D eigenvalue weighted by Gasteiger charge is 2.49. The fraction of sp³-hybridized carbons (Fsp3) is 0.500. The number of oxime groups is 1. The summed E-state index contributed by atoms with van der Waals surface area (Å²) in [5, 5.41) is 13.2. The molecular weight excluding hydrogens is 300 g/mol. The molecule has 2 aliphatic heterocycles. The van der Waals surface area contributed by atoms with Crippen molar-refractivity contribution >= 4 is 11.5 Å². The molecule has 1 aliphatic carbocycles. The molecule has 1 N–H and O–H groups in total. The molecule has 4 heteroatoms. The van der Waals surface area contributed by atoms with Gasteiger partial charge in [-0.2, -0.15) is 0 Å². The number of hydrogen-bond acceptors (Lipinski definition) is 4. The van der Waals surface area contributed by atoms with Crippen LogP contribution in [0.1, 0.15) is 51.2 Å². The molecule has 1 aromatic rings. The van der Waals surface area contributed by atoms with E-state index in [1.165, 1.54) is 11.1 Å². The molecule has 0 amide bonds. The molecule has 24 heavy (non-hydrogen) atoms. The molecule has 0 radical (unpaired) electrons. The Morgan fingerprint density at radius 2 is 1.88 bits per heavy atom. The molecular formula is C20H24N2O2. The van der Waals surface area contributed by atoms with Gasteiger partial charge < -0.3 is 10.1 Å². The minimum atomic E-state index is -0.247. The molecule has 0 aromatic heterocycles. The second-order valence-corrected chi connectivity index (χ2v) is 8.32. The van der Waals surface area contributed by atoms with Crippen LogP contribution in [-0.2, 0) is 16.8 Å². The standard InChI is InChI=1S/C20H24N2O2/c1-19(2)11-16-18(17(23)12-19)15(21-24)10-20(3)14-7-5-4-6-13(14)8-9-22(16)20/h4-7,24H,8-12H2,1-3H3/t20-/m0/s1. The van der Waals surface area contributed by atoms with Gasteiger partial charge in [0.2, 0.25) is 0 Å². The van der Waals surface area contributed by atoms with Crippen LogP contribution in [0.3, 0.4) is 0 Å². The van der Waals surface area contributed by atoms with E-state index in [2.05, 4.69) is 55.1 Å². The normalized spacial score (nSPS) is 30.0. The third-order valence-electron chi connectivity index (χ3n) is 5.90. The lowest BCUT2D eigenvalue weighted by atomic mass is 9.67. The Labute approximate surface area is 142 Å². The van der Waals surface area contributed by atoms with Gasteiger partial charge in [0, 0.05) is 25.1 Å². The molecule has 0 saturated heterocycles. The van der Waals surface area contributed by atoms with Crippen molar-refractivity contribution in [3.05, 3.63) is 46.7 Å². The predicted molar refractivity (Wildman–Crippen MR) is 93.1 cm³/mol. The number of hydrogen-bond donors (Lipinski definition) is 1. The first kappa shape index (κ1) is 15.4. The number of ketones is 1. The number of fused-ring (bicyclic) bond motifs is 4. The molecule has 0 fully saturated rings. The first-order valence-corrected chi connectivity index (χ1v) is 8.69. The van der Waals surface area contributed by atoms with Crippen molar-refractivity contribution in [3.8, 4) is 0 Å². The molecule has 1 atom stereocenters. The average Bonchev–Trinajstić information content (AvgIpc) is 2.52. The highest BCUT2D eigenvalue weighted by atomic mass is 16.4. The number of carbonyl (C=O) groups excluding carboxylic acids is 1. The molecule has 0 bridgehead atoms. The highest BCUT2D eigenvalue weighted by Crippen LogP contribution is 2.50. The number of rotatable bonds is 0. The van der Waals surface area contributed by atoms with E-state index in [1.807, 2.05) is 0 Å². The number of allylic oxidation sites excluding steroid dienone is 2. The zero-order chi connectivity index (χ0) is 17.1. The quantitative estimate of drug-likeness (QED) is 0.585. The monoisotopic (exact) mass is 324 g/mol. The molecule has 0 unspecified atom stereocenters. The van der Waals surface area contributed by atoms with E-state index in [1.54, 1.807) is 0 Å². The van der Waals surface area contributed by atoms with Crippen LogP contribution in [0, 0.1) is 5.41 Å². The topological polar surface area (TPSA) is 52.9 Å². The van der Waals surface area contributed by atoms with Gasteiger partial charge in [-0.05, 0) is 36.3 Å². The van der Waals surface area contributed by atoms with E-state index >= 15 is 0 Å². The first-order chi connectivity index (χ1) is 11.4. The van der Waals surface area contributed by atoms with Gasteiger partial charge in [-0.25, -0.2) is 0 Å². The lowest BCUT2D eigenvalue weighted by molar-refractivity contribution is -0.118. The number of Topliss-reactive ketones (excluding diaryl/α,β-unsaturated/α-hetero) is 1. The molecule has 2 heterocycles. The summed E-state index contributed by atoms with van der Waals surface area (Å²) < 4.78 is 0. The summed E-state index contributed by atoms with van der Waals surface area (Å²) in [5.41, 5.74) is 4.66. The highest BCUT2D eigenvalue weighted by molar-refractivity contribution is 6.24. The number of benzene rings is 1. The maximum Gasteiger partial charge on any atom is 0.167 e. The zero-order valence-electron chi connectivity index (χ0n) is 14.6. The summed E-state index contributed by atoms with van der Waals surface area (Å²) in [6, 6.07) is 8.52. The summed E-state index contributed by atoms with van der Waals surface area (Å²) >= 11 is 0. The minimum Gasteiger partial charge on any atom is -0.411 e. The van der Waals surface area contributed by atoms with E-state index in [4.69, 9.17) is 0 Å². The fourth-order valence-corrected chi connectivity index (χ4v) is 4.86. The third-order valence-corrected chi connectivity index (χ3v) is 5.90. The predicted octanol–water partition coefficient (Wildman–Crippen LogP) is 3.64. The Balaban J connectivity index is 1.93. The smallest absolute Gasteiger partial charge is 0.167 e. The molecule has 1 aromatic carbocycles. The van der Waals surface area contributed by atoms with Gasteiger partial charge in [0.1, 0.15) is 0 Å². The number of carbonyl (C=O) groups is 1. The Bertz CT molecular complexity index is 791. The van der Waals surface area contributed by atoms with Gasteiger partial charge >= 0.3 is 0 Å². The Hall–Kier alpha value is -2.10. The summed E-state index contributed by atoms with van der Waals surface area (Å²) in [7, 11) is 0. The Kier molecular flexibility index (Phi) is 3.18. The molecule has 126 valence electrons. The Morgan fingerprint density at radius 3 is 2.62 bits per heavy atom. The van der Waals surface area contributed by atoms with Gasteiger partial charge in [-0.15, -0.1) is 0 Å². The fourth-order valence-electron chi connectivity index (χ4n) is 4.86. The summed E-state index contributed by atoms with van der Waals surface area (Å²) in [5.74, 6) is 0.120. The second kappa shape index (κ2) is 4.95. The number of nitrogens with zero attached hydrogens (tertiary/aromatic N) is 2. The summed E-state index contributed by atoms with van der Waals surface area (Å²) in [6.07, 6.45) is 2.94. The van der Waals surface area contributed by atoms with Crippen molar-refractivity contribution in [3.63, 3.8) is 0 Å². The van der Waals surface area contributed by atoms with E-state index in [9.17, 15) is 10.0 Å². The van der Waals surface area contributed by atoms with E-state index in [0.717, 1.165) is 25.1 Å². The van der Waals surface area contributed by atoms with Crippen LogP contribution in [0.5, 0.6) is 0 Å². The Morgan fingerprint density at radius 1 is 1.12 bits per heavy atom. The van der Waals surface area contributed by atoms with E-state index < -0.39 is 0 Å². The van der Waals surface area contributed by atoms with E-state index in [0.29, 0.717) is 24.1 Å². The molecule has 4 rings (SSSR count). The van der Waals surface area contributed by atoms with Gasteiger partial charge in [-0.3, -0.25) is 4.79 Å². The average molecular weight is 324 g/mol. The van der Waals surface area contributed by atoms with Crippen molar-refractivity contribution in [2.24, 2.45) is 10.6 Å². The van der Waals surface area contributed by atoms with Gasteiger partial charge in [0.05, 0.1) is 16.8 Å².